The summed E-state index contributed by atoms with van der Waals surface area (Å²) in [6.07, 6.45) is 0. The predicted octanol–water partition coefficient (Wildman–Crippen LogP) is 1.16. The Morgan fingerprint density at radius 3 is 2.72 bits per heavy atom. The number of hydrogen-bond acceptors (Lipinski definition) is 3. The SMILES string of the molecule is COCCNC(=O)CNCc1ccc(C)c(C)c1. The molecule has 0 saturated carbocycles. The van der Waals surface area contributed by atoms with Gasteiger partial charge < -0.3 is 15.4 Å². The molecule has 2 N–H and O–H groups in total. The van der Waals surface area contributed by atoms with Gasteiger partial charge in [0.25, 0.3) is 0 Å². The van der Waals surface area contributed by atoms with Crippen LogP contribution in [0.2, 0.25) is 0 Å². The van der Waals surface area contributed by atoms with Crippen molar-refractivity contribution in [2.24, 2.45) is 0 Å². The molecule has 4 heteroatoms. The van der Waals surface area contributed by atoms with E-state index in [0.717, 1.165) is 0 Å². The van der Waals surface area contributed by atoms with Gasteiger partial charge in [-0.2, -0.15) is 0 Å². The number of benzene rings is 1. The number of hydrogen-bond donors (Lipinski definition) is 2. The van der Waals surface area contributed by atoms with Crippen LogP contribution in [0.1, 0.15) is 16.7 Å². The third-order valence-corrected chi connectivity index (χ3v) is 2.81. The second-order valence-corrected chi connectivity index (χ2v) is 4.36. The van der Waals surface area contributed by atoms with Crippen molar-refractivity contribution in [1.82, 2.24) is 10.6 Å². The molecule has 0 spiro atoms. The zero-order chi connectivity index (χ0) is 13.4. The summed E-state index contributed by atoms with van der Waals surface area (Å²) in [5, 5.41) is 5.89. The zero-order valence-corrected chi connectivity index (χ0v) is 11.4. The first-order valence-corrected chi connectivity index (χ1v) is 6.16. The molecule has 0 atom stereocenters. The number of ether oxygens (including phenoxy) is 1. The molecule has 0 radical (unpaired) electrons. The molecule has 1 aromatic rings. The van der Waals surface area contributed by atoms with Gasteiger partial charge in [-0.05, 0) is 30.5 Å². The van der Waals surface area contributed by atoms with E-state index in [1.165, 1.54) is 16.7 Å². The number of amides is 1. The van der Waals surface area contributed by atoms with E-state index in [4.69, 9.17) is 4.74 Å². The van der Waals surface area contributed by atoms with Crippen LogP contribution in [-0.4, -0.2) is 32.7 Å². The Hall–Kier alpha value is -1.39. The first-order valence-electron chi connectivity index (χ1n) is 6.16. The van der Waals surface area contributed by atoms with Gasteiger partial charge in [0.2, 0.25) is 5.91 Å². The van der Waals surface area contributed by atoms with Gasteiger partial charge in [-0.25, -0.2) is 0 Å². The molecule has 4 nitrogen and oxygen atoms in total. The van der Waals surface area contributed by atoms with Crippen molar-refractivity contribution >= 4 is 5.91 Å². The van der Waals surface area contributed by atoms with Crippen LogP contribution >= 0.6 is 0 Å². The van der Waals surface area contributed by atoms with Crippen LogP contribution < -0.4 is 10.6 Å². The van der Waals surface area contributed by atoms with Gasteiger partial charge in [-0.1, -0.05) is 18.2 Å². The Labute approximate surface area is 109 Å². The fourth-order valence-electron chi connectivity index (χ4n) is 1.59. The fraction of sp³-hybridized carbons (Fsp3) is 0.500. The van der Waals surface area contributed by atoms with Crippen molar-refractivity contribution in [2.45, 2.75) is 20.4 Å². The number of carbonyl (C=O) groups is 1. The maximum atomic E-state index is 11.4. The summed E-state index contributed by atoms with van der Waals surface area (Å²) in [5.41, 5.74) is 3.76. The van der Waals surface area contributed by atoms with Gasteiger partial charge in [-0.3, -0.25) is 4.79 Å². The predicted molar refractivity (Wildman–Crippen MR) is 72.5 cm³/mol. The van der Waals surface area contributed by atoms with Gasteiger partial charge in [0.15, 0.2) is 0 Å². The lowest BCUT2D eigenvalue weighted by atomic mass is 10.1. The van der Waals surface area contributed by atoms with E-state index in [-0.39, 0.29) is 5.91 Å². The number of rotatable bonds is 7. The van der Waals surface area contributed by atoms with E-state index in [2.05, 4.69) is 42.7 Å². The Kier molecular flexibility index (Phi) is 6.39. The number of nitrogens with one attached hydrogen (secondary N) is 2. The molecular formula is C14H22N2O2. The molecule has 0 bridgehead atoms. The van der Waals surface area contributed by atoms with Crippen LogP contribution in [0.15, 0.2) is 18.2 Å². The molecule has 1 aromatic carbocycles. The molecule has 0 aliphatic carbocycles. The summed E-state index contributed by atoms with van der Waals surface area (Å²) < 4.78 is 4.86. The molecule has 0 aliphatic heterocycles. The number of methoxy groups -OCH3 is 1. The highest BCUT2D eigenvalue weighted by atomic mass is 16.5. The minimum Gasteiger partial charge on any atom is -0.383 e. The van der Waals surface area contributed by atoms with Gasteiger partial charge in [0, 0.05) is 20.2 Å². The molecule has 0 heterocycles. The minimum absolute atomic E-state index is 0.00381. The van der Waals surface area contributed by atoms with E-state index in [1.54, 1.807) is 7.11 Å². The van der Waals surface area contributed by atoms with Crippen LogP contribution in [0.5, 0.6) is 0 Å². The van der Waals surface area contributed by atoms with Gasteiger partial charge >= 0.3 is 0 Å². The van der Waals surface area contributed by atoms with Crippen molar-refractivity contribution in [1.29, 1.82) is 0 Å². The highest BCUT2D eigenvalue weighted by Gasteiger charge is 2.00. The van der Waals surface area contributed by atoms with Crippen molar-refractivity contribution in [2.75, 3.05) is 26.8 Å². The lowest BCUT2D eigenvalue weighted by molar-refractivity contribution is -0.120. The van der Waals surface area contributed by atoms with Crippen LogP contribution in [0.4, 0.5) is 0 Å². The van der Waals surface area contributed by atoms with Gasteiger partial charge in [0.1, 0.15) is 0 Å². The molecule has 0 fully saturated rings. The second-order valence-electron chi connectivity index (χ2n) is 4.36. The topological polar surface area (TPSA) is 50.4 Å². The summed E-state index contributed by atoms with van der Waals surface area (Å²) >= 11 is 0. The Morgan fingerprint density at radius 1 is 1.28 bits per heavy atom. The molecule has 1 rings (SSSR count). The molecule has 1 amide bonds. The third kappa shape index (κ3) is 5.29. The van der Waals surface area contributed by atoms with Crippen molar-refractivity contribution in [3.8, 4) is 0 Å². The maximum absolute atomic E-state index is 11.4. The molecule has 0 aliphatic rings. The smallest absolute Gasteiger partial charge is 0.234 e. The molecule has 100 valence electrons. The quantitative estimate of drug-likeness (QED) is 0.714. The summed E-state index contributed by atoms with van der Waals surface area (Å²) in [4.78, 5) is 11.4. The summed E-state index contributed by atoms with van der Waals surface area (Å²) in [6, 6.07) is 6.33. The van der Waals surface area contributed by atoms with Crippen LogP contribution in [-0.2, 0) is 16.1 Å². The highest BCUT2D eigenvalue weighted by Crippen LogP contribution is 2.09. The second kappa shape index (κ2) is 7.84. The maximum Gasteiger partial charge on any atom is 0.234 e. The zero-order valence-electron chi connectivity index (χ0n) is 11.4. The Balaban J connectivity index is 2.24. The fourth-order valence-corrected chi connectivity index (χ4v) is 1.59. The Bertz CT molecular complexity index is 391. The van der Waals surface area contributed by atoms with Crippen molar-refractivity contribution < 1.29 is 9.53 Å². The minimum atomic E-state index is -0.00381. The molecule has 0 aromatic heterocycles. The van der Waals surface area contributed by atoms with Crippen LogP contribution in [0.25, 0.3) is 0 Å². The van der Waals surface area contributed by atoms with Crippen molar-refractivity contribution in [3.05, 3.63) is 34.9 Å². The largest absolute Gasteiger partial charge is 0.383 e. The monoisotopic (exact) mass is 250 g/mol. The van der Waals surface area contributed by atoms with E-state index < -0.39 is 0 Å². The first-order chi connectivity index (χ1) is 8.63. The summed E-state index contributed by atoms with van der Waals surface area (Å²) in [6.45, 7) is 6.32. The van der Waals surface area contributed by atoms with Crippen LogP contribution in [0.3, 0.4) is 0 Å². The summed E-state index contributed by atoms with van der Waals surface area (Å²) in [7, 11) is 1.62. The van der Waals surface area contributed by atoms with Gasteiger partial charge in [-0.15, -0.1) is 0 Å². The average molecular weight is 250 g/mol. The highest BCUT2D eigenvalue weighted by molar-refractivity contribution is 5.77. The van der Waals surface area contributed by atoms with E-state index in [1.807, 2.05) is 0 Å². The van der Waals surface area contributed by atoms with Crippen molar-refractivity contribution in [3.63, 3.8) is 0 Å². The third-order valence-electron chi connectivity index (χ3n) is 2.81. The molecule has 0 unspecified atom stereocenters. The lowest BCUT2D eigenvalue weighted by Crippen LogP contribution is -2.35. The van der Waals surface area contributed by atoms with E-state index >= 15 is 0 Å². The standard InChI is InChI=1S/C14H22N2O2/c1-11-4-5-13(8-12(11)2)9-15-10-14(17)16-6-7-18-3/h4-5,8,15H,6-7,9-10H2,1-3H3,(H,16,17). The normalized spacial score (nSPS) is 10.4. The molecule has 18 heavy (non-hydrogen) atoms. The first kappa shape index (κ1) is 14.7. The Morgan fingerprint density at radius 2 is 2.06 bits per heavy atom. The average Bonchev–Trinajstić information content (AvgIpc) is 2.34. The lowest BCUT2D eigenvalue weighted by Gasteiger charge is -2.08. The number of aryl methyl sites for hydroxylation is 2. The van der Waals surface area contributed by atoms with Gasteiger partial charge in [0.05, 0.1) is 13.2 Å². The molecular weight excluding hydrogens is 228 g/mol. The van der Waals surface area contributed by atoms with Crippen LogP contribution in [0, 0.1) is 13.8 Å². The van der Waals surface area contributed by atoms with E-state index in [9.17, 15) is 4.79 Å². The molecule has 0 saturated heterocycles. The number of carbonyl (C=O) groups excluding carboxylic acids is 1. The summed E-state index contributed by atoms with van der Waals surface area (Å²) in [5.74, 6) is -0.00381. The van der Waals surface area contributed by atoms with E-state index in [0.29, 0.717) is 26.2 Å².